The van der Waals surface area contributed by atoms with Crippen LogP contribution in [0.1, 0.15) is 45.4 Å². The van der Waals surface area contributed by atoms with Crippen molar-refractivity contribution in [3.8, 4) is 5.75 Å². The van der Waals surface area contributed by atoms with E-state index in [1.165, 1.54) is 32.1 Å². The van der Waals surface area contributed by atoms with E-state index in [4.69, 9.17) is 4.74 Å². The standard InChI is InChI=1S/C16H24N2O3/c1-2-11-17-14-9-6-10-15(16(14)18(19)20)21-12-13-7-4-3-5-8-13/h6,9-10,13,17H,2-5,7-8,11-12H2,1H3. The lowest BCUT2D eigenvalue weighted by atomic mass is 9.90. The van der Waals surface area contributed by atoms with Crippen LogP contribution in [0.3, 0.4) is 0 Å². The van der Waals surface area contributed by atoms with Gasteiger partial charge in [0.25, 0.3) is 0 Å². The summed E-state index contributed by atoms with van der Waals surface area (Å²) in [7, 11) is 0. The molecule has 0 aromatic heterocycles. The highest BCUT2D eigenvalue weighted by molar-refractivity contribution is 5.68. The monoisotopic (exact) mass is 292 g/mol. The molecule has 5 heteroatoms. The van der Waals surface area contributed by atoms with Gasteiger partial charge in [0.15, 0.2) is 5.75 Å². The van der Waals surface area contributed by atoms with Crippen molar-refractivity contribution in [1.82, 2.24) is 0 Å². The summed E-state index contributed by atoms with van der Waals surface area (Å²) in [5.41, 5.74) is 0.602. The van der Waals surface area contributed by atoms with Crippen LogP contribution in [0.15, 0.2) is 18.2 Å². The molecule has 0 unspecified atom stereocenters. The van der Waals surface area contributed by atoms with Crippen molar-refractivity contribution >= 4 is 11.4 Å². The maximum absolute atomic E-state index is 11.3. The van der Waals surface area contributed by atoms with Gasteiger partial charge in [-0.25, -0.2) is 0 Å². The summed E-state index contributed by atoms with van der Waals surface area (Å²) >= 11 is 0. The summed E-state index contributed by atoms with van der Waals surface area (Å²) in [6.07, 6.45) is 7.04. The Kier molecular flexibility index (Phi) is 5.84. The van der Waals surface area contributed by atoms with Gasteiger partial charge in [-0.1, -0.05) is 32.3 Å². The predicted molar refractivity (Wildman–Crippen MR) is 83.9 cm³/mol. The molecule has 0 aliphatic heterocycles. The fraction of sp³-hybridized carbons (Fsp3) is 0.625. The van der Waals surface area contributed by atoms with Crippen molar-refractivity contribution < 1.29 is 9.66 Å². The van der Waals surface area contributed by atoms with Crippen molar-refractivity contribution in [3.63, 3.8) is 0 Å². The van der Waals surface area contributed by atoms with E-state index >= 15 is 0 Å². The fourth-order valence-corrected chi connectivity index (χ4v) is 2.79. The van der Waals surface area contributed by atoms with Gasteiger partial charge < -0.3 is 10.1 Å². The molecule has 1 N–H and O–H groups in total. The minimum Gasteiger partial charge on any atom is -0.486 e. The zero-order valence-electron chi connectivity index (χ0n) is 12.6. The second-order valence-electron chi connectivity index (χ2n) is 5.65. The normalized spacial score (nSPS) is 15.7. The summed E-state index contributed by atoms with van der Waals surface area (Å²) < 4.78 is 5.78. The Balaban J connectivity index is 2.07. The molecule has 116 valence electrons. The SMILES string of the molecule is CCCNc1cccc(OCC2CCCCC2)c1[N+](=O)[O-]. The number of nitrogens with one attached hydrogen (secondary N) is 1. The van der Waals surface area contributed by atoms with Crippen LogP contribution >= 0.6 is 0 Å². The van der Waals surface area contributed by atoms with Crippen LogP contribution in [-0.4, -0.2) is 18.1 Å². The Morgan fingerprint density at radius 3 is 2.76 bits per heavy atom. The number of nitro groups is 1. The molecular weight excluding hydrogens is 268 g/mol. The topological polar surface area (TPSA) is 64.4 Å². The zero-order valence-corrected chi connectivity index (χ0v) is 12.6. The van der Waals surface area contributed by atoms with Crippen molar-refractivity contribution in [2.75, 3.05) is 18.5 Å². The van der Waals surface area contributed by atoms with Gasteiger partial charge in [0, 0.05) is 6.54 Å². The molecule has 2 rings (SSSR count). The van der Waals surface area contributed by atoms with E-state index in [0.717, 1.165) is 6.42 Å². The lowest BCUT2D eigenvalue weighted by molar-refractivity contribution is -0.385. The Bertz CT molecular complexity index is 471. The third-order valence-electron chi connectivity index (χ3n) is 3.95. The summed E-state index contributed by atoms with van der Waals surface area (Å²) in [5, 5.41) is 14.4. The van der Waals surface area contributed by atoms with Crippen LogP contribution in [0.2, 0.25) is 0 Å². The first-order valence-corrected chi connectivity index (χ1v) is 7.86. The lowest BCUT2D eigenvalue weighted by Gasteiger charge is -2.21. The first-order chi connectivity index (χ1) is 10.2. The van der Waals surface area contributed by atoms with Crippen molar-refractivity contribution in [1.29, 1.82) is 0 Å². The molecule has 1 aliphatic carbocycles. The van der Waals surface area contributed by atoms with Crippen LogP contribution in [0.5, 0.6) is 5.75 Å². The number of anilines is 1. The van der Waals surface area contributed by atoms with E-state index in [2.05, 4.69) is 5.32 Å². The van der Waals surface area contributed by atoms with Crippen LogP contribution < -0.4 is 10.1 Å². The molecule has 1 fully saturated rings. The number of para-hydroxylation sites is 1. The second-order valence-corrected chi connectivity index (χ2v) is 5.65. The minimum atomic E-state index is -0.353. The maximum Gasteiger partial charge on any atom is 0.333 e. The smallest absolute Gasteiger partial charge is 0.333 e. The molecule has 1 aliphatic rings. The maximum atomic E-state index is 11.3. The number of hydrogen-bond donors (Lipinski definition) is 1. The van der Waals surface area contributed by atoms with E-state index < -0.39 is 0 Å². The molecule has 0 saturated heterocycles. The first kappa shape index (κ1) is 15.6. The average molecular weight is 292 g/mol. The van der Waals surface area contributed by atoms with E-state index in [-0.39, 0.29) is 10.6 Å². The largest absolute Gasteiger partial charge is 0.486 e. The Hall–Kier alpha value is -1.78. The van der Waals surface area contributed by atoms with Gasteiger partial charge in [0.1, 0.15) is 5.69 Å². The van der Waals surface area contributed by atoms with E-state index in [1.807, 2.05) is 6.92 Å². The summed E-state index contributed by atoms with van der Waals surface area (Å²) in [6.45, 7) is 3.33. The molecule has 0 amide bonds. The van der Waals surface area contributed by atoms with Crippen molar-refractivity contribution in [2.45, 2.75) is 45.4 Å². The molecule has 1 aromatic carbocycles. The molecule has 1 aromatic rings. The van der Waals surface area contributed by atoms with Crippen LogP contribution in [-0.2, 0) is 0 Å². The zero-order chi connectivity index (χ0) is 15.1. The molecule has 21 heavy (non-hydrogen) atoms. The predicted octanol–water partition coefficient (Wildman–Crippen LogP) is 4.38. The highest BCUT2D eigenvalue weighted by atomic mass is 16.6. The molecule has 0 bridgehead atoms. The highest BCUT2D eigenvalue weighted by Crippen LogP contribution is 2.35. The lowest BCUT2D eigenvalue weighted by Crippen LogP contribution is -2.16. The van der Waals surface area contributed by atoms with Crippen LogP contribution in [0.25, 0.3) is 0 Å². The van der Waals surface area contributed by atoms with Crippen molar-refractivity contribution in [3.05, 3.63) is 28.3 Å². The Morgan fingerprint density at radius 2 is 2.10 bits per heavy atom. The molecule has 0 radical (unpaired) electrons. The first-order valence-electron chi connectivity index (χ1n) is 7.86. The number of nitrogens with zero attached hydrogens (tertiary/aromatic N) is 1. The molecular formula is C16H24N2O3. The second kappa shape index (κ2) is 7.86. The molecule has 1 saturated carbocycles. The van der Waals surface area contributed by atoms with Gasteiger partial charge in [0.2, 0.25) is 0 Å². The number of rotatable bonds is 7. The quantitative estimate of drug-likeness (QED) is 0.598. The number of hydrogen-bond acceptors (Lipinski definition) is 4. The van der Waals surface area contributed by atoms with Gasteiger partial charge in [-0.3, -0.25) is 10.1 Å². The van der Waals surface area contributed by atoms with Crippen molar-refractivity contribution in [2.24, 2.45) is 5.92 Å². The van der Waals surface area contributed by atoms with E-state index in [9.17, 15) is 10.1 Å². The molecule has 0 atom stereocenters. The summed E-state index contributed by atoms with van der Waals surface area (Å²) in [5.74, 6) is 0.914. The third-order valence-corrected chi connectivity index (χ3v) is 3.95. The fourth-order valence-electron chi connectivity index (χ4n) is 2.79. The number of ether oxygens (including phenoxy) is 1. The minimum absolute atomic E-state index is 0.0572. The van der Waals surface area contributed by atoms with Gasteiger partial charge in [-0.05, 0) is 37.3 Å². The van der Waals surface area contributed by atoms with Crippen LogP contribution in [0.4, 0.5) is 11.4 Å². The molecule has 0 spiro atoms. The van der Waals surface area contributed by atoms with Gasteiger partial charge in [0.05, 0.1) is 11.5 Å². The highest BCUT2D eigenvalue weighted by Gasteiger charge is 2.22. The Morgan fingerprint density at radius 1 is 1.33 bits per heavy atom. The van der Waals surface area contributed by atoms with Gasteiger partial charge in [-0.15, -0.1) is 0 Å². The third kappa shape index (κ3) is 4.34. The van der Waals surface area contributed by atoms with Gasteiger partial charge in [-0.2, -0.15) is 0 Å². The summed E-state index contributed by atoms with van der Waals surface area (Å²) in [6, 6.07) is 5.24. The van der Waals surface area contributed by atoms with E-state index in [1.54, 1.807) is 18.2 Å². The molecule has 0 heterocycles. The molecule has 5 nitrogen and oxygen atoms in total. The number of benzene rings is 1. The average Bonchev–Trinajstić information content (AvgIpc) is 2.51. The Labute approximate surface area is 125 Å². The summed E-state index contributed by atoms with van der Waals surface area (Å²) in [4.78, 5) is 11.0. The van der Waals surface area contributed by atoms with Gasteiger partial charge >= 0.3 is 5.69 Å². The van der Waals surface area contributed by atoms with E-state index in [0.29, 0.717) is 30.5 Å². The van der Waals surface area contributed by atoms with Crippen LogP contribution in [0, 0.1) is 16.0 Å². The number of nitro benzene ring substituents is 1.